The topological polar surface area (TPSA) is 12.0 Å². The normalized spacial score (nSPS) is 43.8. The van der Waals surface area contributed by atoms with Crippen molar-refractivity contribution in [2.45, 2.75) is 33.6 Å². The molecule has 0 aromatic rings. The number of rotatable bonds is 0. The first-order chi connectivity index (χ1) is 5.06. The van der Waals surface area contributed by atoms with E-state index in [1.807, 2.05) is 0 Å². The molecule has 0 aromatic heterocycles. The molecule has 1 aliphatic carbocycles. The first kappa shape index (κ1) is 10.3. The summed E-state index contributed by atoms with van der Waals surface area (Å²) >= 11 is 0. The van der Waals surface area contributed by atoms with Crippen LogP contribution in [0.3, 0.4) is 0 Å². The average Bonchev–Trinajstić information content (AvgIpc) is 2.17. The van der Waals surface area contributed by atoms with E-state index in [2.05, 4.69) is 26.1 Å². The molecule has 1 unspecified atom stereocenters. The predicted octanol–water partition coefficient (Wildman–Crippen LogP) is 2.45. The molecule has 2 aliphatic rings. The lowest BCUT2D eigenvalue weighted by Crippen LogP contribution is -2.49. The second-order valence-electron chi connectivity index (χ2n) is 5.15. The van der Waals surface area contributed by atoms with Gasteiger partial charge in [0.05, 0.1) is 0 Å². The lowest BCUT2D eigenvalue weighted by molar-refractivity contribution is 0.0546. The lowest BCUT2D eigenvalue weighted by Gasteiger charge is -2.46. The summed E-state index contributed by atoms with van der Waals surface area (Å²) in [5.74, 6) is 0.932. The smallest absolute Gasteiger partial charge is 0.00105 e. The highest BCUT2D eigenvalue weighted by Crippen LogP contribution is 2.57. The van der Waals surface area contributed by atoms with E-state index < -0.39 is 0 Å². The standard InChI is InChI=1S/C10H19N.ClH/c1-9(2)8-4-5-10(9,3)7-11-6-8;/h8,11H,4-7H2,1-3H3;1H/t8?,10-;/m0./s1. The Balaban J connectivity index is 0.000000720. The summed E-state index contributed by atoms with van der Waals surface area (Å²) in [7, 11) is 0. The first-order valence-electron chi connectivity index (χ1n) is 4.77. The summed E-state index contributed by atoms with van der Waals surface area (Å²) in [6.07, 6.45) is 2.87. The SMILES string of the molecule is CC1(C)C2CC[C@@]1(C)CNC2.Cl. The summed E-state index contributed by atoms with van der Waals surface area (Å²) in [6.45, 7) is 9.83. The van der Waals surface area contributed by atoms with Crippen molar-refractivity contribution in [2.24, 2.45) is 16.7 Å². The number of fused-ring (bicyclic) bond motifs is 2. The first-order valence-corrected chi connectivity index (χ1v) is 4.77. The highest BCUT2D eigenvalue weighted by Gasteiger charge is 2.53. The van der Waals surface area contributed by atoms with Gasteiger partial charge in [-0.15, -0.1) is 12.4 Å². The second kappa shape index (κ2) is 2.88. The van der Waals surface area contributed by atoms with E-state index in [0.717, 1.165) is 5.92 Å². The molecule has 2 fully saturated rings. The highest BCUT2D eigenvalue weighted by molar-refractivity contribution is 5.85. The van der Waals surface area contributed by atoms with Crippen molar-refractivity contribution in [1.82, 2.24) is 5.32 Å². The Hall–Kier alpha value is 0.250. The molecule has 72 valence electrons. The number of nitrogens with one attached hydrogen (secondary N) is 1. The molecule has 1 heterocycles. The van der Waals surface area contributed by atoms with Crippen LogP contribution in [0.5, 0.6) is 0 Å². The van der Waals surface area contributed by atoms with Gasteiger partial charge in [0.1, 0.15) is 0 Å². The van der Waals surface area contributed by atoms with Crippen molar-refractivity contribution in [3.05, 3.63) is 0 Å². The van der Waals surface area contributed by atoms with Crippen molar-refractivity contribution >= 4 is 12.4 Å². The third kappa shape index (κ3) is 1.10. The molecule has 12 heavy (non-hydrogen) atoms. The Morgan fingerprint density at radius 2 is 1.92 bits per heavy atom. The van der Waals surface area contributed by atoms with Gasteiger partial charge in [-0.2, -0.15) is 0 Å². The van der Waals surface area contributed by atoms with Crippen LogP contribution in [-0.2, 0) is 0 Å². The number of piperidine rings is 1. The maximum absolute atomic E-state index is 3.54. The van der Waals surface area contributed by atoms with Gasteiger partial charge in [0.2, 0.25) is 0 Å². The molecule has 0 spiro atoms. The molecule has 1 N–H and O–H groups in total. The maximum atomic E-state index is 3.54. The van der Waals surface area contributed by atoms with Crippen molar-refractivity contribution in [3.8, 4) is 0 Å². The summed E-state index contributed by atoms with van der Waals surface area (Å²) in [4.78, 5) is 0. The van der Waals surface area contributed by atoms with Gasteiger partial charge in [0, 0.05) is 6.54 Å². The van der Waals surface area contributed by atoms with Crippen LogP contribution in [0.1, 0.15) is 33.6 Å². The minimum atomic E-state index is 0. The quantitative estimate of drug-likeness (QED) is 0.618. The van der Waals surface area contributed by atoms with Crippen LogP contribution in [0.4, 0.5) is 0 Å². The number of hydrogen-bond acceptors (Lipinski definition) is 1. The van der Waals surface area contributed by atoms with Crippen molar-refractivity contribution in [3.63, 3.8) is 0 Å². The fourth-order valence-corrected chi connectivity index (χ4v) is 2.86. The third-order valence-corrected chi connectivity index (χ3v) is 4.53. The van der Waals surface area contributed by atoms with E-state index in [9.17, 15) is 0 Å². The molecule has 0 amide bonds. The monoisotopic (exact) mass is 189 g/mol. The van der Waals surface area contributed by atoms with Gasteiger partial charge < -0.3 is 5.32 Å². The van der Waals surface area contributed by atoms with Crippen molar-refractivity contribution in [2.75, 3.05) is 13.1 Å². The van der Waals surface area contributed by atoms with E-state index >= 15 is 0 Å². The second-order valence-corrected chi connectivity index (χ2v) is 5.15. The van der Waals surface area contributed by atoms with E-state index in [-0.39, 0.29) is 12.4 Å². The average molecular weight is 190 g/mol. The van der Waals surface area contributed by atoms with Gasteiger partial charge in [0.25, 0.3) is 0 Å². The maximum Gasteiger partial charge on any atom is 0.00105 e. The minimum Gasteiger partial charge on any atom is -0.316 e. The van der Waals surface area contributed by atoms with Gasteiger partial charge in [-0.25, -0.2) is 0 Å². The van der Waals surface area contributed by atoms with E-state index in [4.69, 9.17) is 0 Å². The number of halogens is 1. The summed E-state index contributed by atoms with van der Waals surface area (Å²) in [6, 6.07) is 0. The molecule has 1 aliphatic heterocycles. The van der Waals surface area contributed by atoms with E-state index in [1.165, 1.54) is 25.9 Å². The highest BCUT2D eigenvalue weighted by atomic mass is 35.5. The Bertz CT molecular complexity index is 172. The summed E-state index contributed by atoms with van der Waals surface area (Å²) < 4.78 is 0. The number of hydrogen-bond donors (Lipinski definition) is 1. The van der Waals surface area contributed by atoms with Crippen LogP contribution in [0.25, 0.3) is 0 Å². The Morgan fingerprint density at radius 3 is 2.42 bits per heavy atom. The fourth-order valence-electron chi connectivity index (χ4n) is 2.86. The van der Waals surface area contributed by atoms with Crippen LogP contribution in [-0.4, -0.2) is 13.1 Å². The van der Waals surface area contributed by atoms with Gasteiger partial charge in [-0.1, -0.05) is 20.8 Å². The molecule has 1 saturated carbocycles. The van der Waals surface area contributed by atoms with E-state index in [0.29, 0.717) is 10.8 Å². The minimum absolute atomic E-state index is 0. The predicted molar refractivity (Wildman–Crippen MR) is 54.7 cm³/mol. The van der Waals surface area contributed by atoms with Gasteiger partial charge in [-0.3, -0.25) is 0 Å². The molecule has 0 aromatic carbocycles. The Labute approximate surface area is 81.7 Å². The zero-order chi connectivity index (χ0) is 8.11. The molecule has 0 radical (unpaired) electrons. The van der Waals surface area contributed by atoms with Crippen LogP contribution in [0, 0.1) is 16.7 Å². The molecular formula is C10H20ClN. The van der Waals surface area contributed by atoms with Gasteiger partial charge in [0.15, 0.2) is 0 Å². The van der Waals surface area contributed by atoms with Gasteiger partial charge >= 0.3 is 0 Å². The van der Waals surface area contributed by atoms with E-state index in [1.54, 1.807) is 0 Å². The van der Waals surface area contributed by atoms with Crippen molar-refractivity contribution in [1.29, 1.82) is 0 Å². The Morgan fingerprint density at radius 1 is 1.25 bits per heavy atom. The summed E-state index contributed by atoms with van der Waals surface area (Å²) in [5, 5.41) is 3.54. The lowest BCUT2D eigenvalue weighted by atomic mass is 9.64. The van der Waals surface area contributed by atoms with Crippen LogP contribution >= 0.6 is 12.4 Å². The molecule has 2 bridgehead atoms. The molecule has 2 rings (SSSR count). The Kier molecular flexibility index (Phi) is 2.48. The van der Waals surface area contributed by atoms with Crippen LogP contribution in [0.2, 0.25) is 0 Å². The molecule has 2 atom stereocenters. The van der Waals surface area contributed by atoms with Crippen LogP contribution < -0.4 is 5.32 Å². The largest absolute Gasteiger partial charge is 0.316 e. The van der Waals surface area contributed by atoms with Gasteiger partial charge in [-0.05, 0) is 36.1 Å². The molecule has 1 nitrogen and oxygen atoms in total. The zero-order valence-electron chi connectivity index (χ0n) is 8.31. The third-order valence-electron chi connectivity index (χ3n) is 4.53. The molecule has 2 heteroatoms. The summed E-state index contributed by atoms with van der Waals surface area (Å²) in [5.41, 5.74) is 1.16. The molecule has 1 saturated heterocycles. The zero-order valence-corrected chi connectivity index (χ0v) is 9.13. The molecular weight excluding hydrogens is 170 g/mol. The fraction of sp³-hybridized carbons (Fsp3) is 1.00. The van der Waals surface area contributed by atoms with Crippen molar-refractivity contribution < 1.29 is 0 Å². The van der Waals surface area contributed by atoms with Crippen LogP contribution in [0.15, 0.2) is 0 Å².